The zero-order chi connectivity index (χ0) is 14.5. The van der Waals surface area contributed by atoms with Gasteiger partial charge in [-0.2, -0.15) is 0 Å². The van der Waals surface area contributed by atoms with Crippen LogP contribution >= 0.6 is 0 Å². The van der Waals surface area contributed by atoms with Crippen LogP contribution in [0, 0.1) is 11.6 Å². The predicted molar refractivity (Wildman–Crippen MR) is 70.5 cm³/mol. The van der Waals surface area contributed by atoms with Gasteiger partial charge in [0.05, 0.1) is 0 Å². The third kappa shape index (κ3) is 3.12. The van der Waals surface area contributed by atoms with Gasteiger partial charge in [-0.3, -0.25) is 4.79 Å². The SMILES string of the molecule is CNC(=O)c1ccccc1COc1ccc(F)cc1F. The van der Waals surface area contributed by atoms with Crippen LogP contribution in [0.2, 0.25) is 0 Å². The van der Waals surface area contributed by atoms with Crippen molar-refractivity contribution in [1.82, 2.24) is 5.32 Å². The number of hydrogen-bond acceptors (Lipinski definition) is 2. The zero-order valence-electron chi connectivity index (χ0n) is 10.8. The Morgan fingerprint density at radius 1 is 1.20 bits per heavy atom. The van der Waals surface area contributed by atoms with Crippen LogP contribution in [0.1, 0.15) is 15.9 Å². The number of ether oxygens (including phenoxy) is 1. The van der Waals surface area contributed by atoms with E-state index < -0.39 is 11.6 Å². The van der Waals surface area contributed by atoms with Gasteiger partial charge in [0.1, 0.15) is 12.4 Å². The highest BCUT2D eigenvalue weighted by atomic mass is 19.1. The third-order valence-corrected chi connectivity index (χ3v) is 2.77. The molecule has 0 saturated carbocycles. The summed E-state index contributed by atoms with van der Waals surface area (Å²) in [6, 6.07) is 9.93. The van der Waals surface area contributed by atoms with E-state index in [0.717, 1.165) is 12.1 Å². The minimum absolute atomic E-state index is 0.0200. The number of benzene rings is 2. The average Bonchev–Trinajstić information content (AvgIpc) is 2.46. The topological polar surface area (TPSA) is 38.3 Å². The molecule has 1 N–H and O–H groups in total. The van der Waals surface area contributed by atoms with Crippen molar-refractivity contribution in [1.29, 1.82) is 0 Å². The molecule has 0 bridgehead atoms. The molecule has 0 saturated heterocycles. The molecule has 0 aliphatic rings. The number of halogens is 2. The quantitative estimate of drug-likeness (QED) is 0.933. The molecule has 2 aromatic rings. The largest absolute Gasteiger partial charge is 0.486 e. The van der Waals surface area contributed by atoms with Crippen molar-refractivity contribution in [2.75, 3.05) is 7.05 Å². The first-order valence-electron chi connectivity index (χ1n) is 5.99. The lowest BCUT2D eigenvalue weighted by atomic mass is 10.1. The van der Waals surface area contributed by atoms with Crippen LogP contribution in [0.15, 0.2) is 42.5 Å². The molecule has 0 aromatic heterocycles. The van der Waals surface area contributed by atoms with Crippen molar-refractivity contribution in [3.8, 4) is 5.75 Å². The molecule has 0 aliphatic carbocycles. The summed E-state index contributed by atoms with van der Waals surface area (Å²) in [5.41, 5.74) is 1.08. The first-order chi connectivity index (χ1) is 9.61. The summed E-state index contributed by atoms with van der Waals surface area (Å²) >= 11 is 0. The van der Waals surface area contributed by atoms with Gasteiger partial charge in [0.25, 0.3) is 5.91 Å². The van der Waals surface area contributed by atoms with Gasteiger partial charge in [0.2, 0.25) is 0 Å². The minimum atomic E-state index is -0.776. The monoisotopic (exact) mass is 277 g/mol. The second-order valence-corrected chi connectivity index (χ2v) is 4.10. The zero-order valence-corrected chi connectivity index (χ0v) is 10.8. The van der Waals surface area contributed by atoms with Gasteiger partial charge in [0.15, 0.2) is 11.6 Å². The van der Waals surface area contributed by atoms with E-state index >= 15 is 0 Å². The molecule has 20 heavy (non-hydrogen) atoms. The maximum absolute atomic E-state index is 13.4. The van der Waals surface area contributed by atoms with Crippen molar-refractivity contribution < 1.29 is 18.3 Å². The van der Waals surface area contributed by atoms with Gasteiger partial charge in [-0.05, 0) is 18.2 Å². The van der Waals surface area contributed by atoms with Crippen LogP contribution in [0.25, 0.3) is 0 Å². The fraction of sp³-hybridized carbons (Fsp3) is 0.133. The van der Waals surface area contributed by atoms with Gasteiger partial charge in [-0.15, -0.1) is 0 Å². The summed E-state index contributed by atoms with van der Waals surface area (Å²) in [5, 5.41) is 2.52. The molecule has 0 fully saturated rings. The molecule has 0 heterocycles. The lowest BCUT2D eigenvalue weighted by molar-refractivity contribution is 0.0960. The van der Waals surface area contributed by atoms with Crippen LogP contribution in [0.5, 0.6) is 5.75 Å². The molecule has 0 aliphatic heterocycles. The van der Waals surface area contributed by atoms with Crippen LogP contribution in [-0.4, -0.2) is 13.0 Å². The van der Waals surface area contributed by atoms with E-state index in [1.165, 1.54) is 13.1 Å². The number of hydrogen-bond donors (Lipinski definition) is 1. The van der Waals surface area contributed by atoms with E-state index in [9.17, 15) is 13.6 Å². The highest BCUT2D eigenvalue weighted by Gasteiger charge is 2.11. The lowest BCUT2D eigenvalue weighted by Gasteiger charge is -2.10. The Balaban J connectivity index is 2.17. The number of carbonyl (C=O) groups is 1. The molecule has 3 nitrogen and oxygen atoms in total. The second-order valence-electron chi connectivity index (χ2n) is 4.10. The van der Waals surface area contributed by atoms with Crippen molar-refractivity contribution in [3.05, 3.63) is 65.2 Å². The lowest BCUT2D eigenvalue weighted by Crippen LogP contribution is -2.20. The number of rotatable bonds is 4. The standard InChI is InChI=1S/C15H13F2NO2/c1-18-15(19)12-5-3-2-4-10(12)9-20-14-7-6-11(16)8-13(14)17/h2-8H,9H2,1H3,(H,18,19). The van der Waals surface area contributed by atoms with E-state index in [2.05, 4.69) is 5.32 Å². The molecule has 104 valence electrons. The number of amides is 1. The van der Waals surface area contributed by atoms with Gasteiger partial charge in [0, 0.05) is 24.2 Å². The Bertz CT molecular complexity index is 629. The molecule has 0 radical (unpaired) electrons. The maximum atomic E-state index is 13.4. The summed E-state index contributed by atoms with van der Waals surface area (Å²) in [4.78, 5) is 11.7. The fourth-order valence-corrected chi connectivity index (χ4v) is 1.75. The third-order valence-electron chi connectivity index (χ3n) is 2.77. The summed E-state index contributed by atoms with van der Waals surface area (Å²) < 4.78 is 31.5. The van der Waals surface area contributed by atoms with Crippen molar-refractivity contribution in [3.63, 3.8) is 0 Å². The molecular weight excluding hydrogens is 264 g/mol. The predicted octanol–water partition coefficient (Wildman–Crippen LogP) is 2.90. The van der Waals surface area contributed by atoms with Crippen molar-refractivity contribution in [2.24, 2.45) is 0 Å². The highest BCUT2D eigenvalue weighted by molar-refractivity contribution is 5.95. The van der Waals surface area contributed by atoms with E-state index in [0.29, 0.717) is 11.1 Å². The van der Waals surface area contributed by atoms with Gasteiger partial charge >= 0.3 is 0 Å². The maximum Gasteiger partial charge on any atom is 0.251 e. The van der Waals surface area contributed by atoms with E-state index in [4.69, 9.17) is 4.74 Å². The normalized spacial score (nSPS) is 10.2. The second kappa shape index (κ2) is 6.14. The molecule has 5 heteroatoms. The van der Waals surface area contributed by atoms with Crippen molar-refractivity contribution in [2.45, 2.75) is 6.61 Å². The molecule has 2 rings (SSSR count). The number of nitrogens with one attached hydrogen (secondary N) is 1. The van der Waals surface area contributed by atoms with Crippen LogP contribution in [-0.2, 0) is 6.61 Å². The van der Waals surface area contributed by atoms with Gasteiger partial charge in [-0.25, -0.2) is 8.78 Å². The fourth-order valence-electron chi connectivity index (χ4n) is 1.75. The molecule has 1 amide bonds. The molecule has 0 unspecified atom stereocenters. The van der Waals surface area contributed by atoms with Gasteiger partial charge in [-0.1, -0.05) is 18.2 Å². The Morgan fingerprint density at radius 3 is 2.65 bits per heavy atom. The molecule has 0 spiro atoms. The van der Waals surface area contributed by atoms with Crippen LogP contribution in [0.4, 0.5) is 8.78 Å². The van der Waals surface area contributed by atoms with Crippen LogP contribution in [0.3, 0.4) is 0 Å². The van der Waals surface area contributed by atoms with E-state index in [1.807, 2.05) is 0 Å². The summed E-state index contributed by atoms with van der Waals surface area (Å²) in [6.07, 6.45) is 0. The molecular formula is C15H13F2NO2. The van der Waals surface area contributed by atoms with Crippen molar-refractivity contribution >= 4 is 5.91 Å². The summed E-state index contributed by atoms with van der Waals surface area (Å²) in [5.74, 6) is -1.75. The molecule has 2 aromatic carbocycles. The summed E-state index contributed by atoms with van der Waals surface area (Å²) in [7, 11) is 1.53. The molecule has 0 atom stereocenters. The van der Waals surface area contributed by atoms with Crippen LogP contribution < -0.4 is 10.1 Å². The first kappa shape index (κ1) is 14.0. The van der Waals surface area contributed by atoms with E-state index in [1.54, 1.807) is 24.3 Å². The Labute approximate surface area is 115 Å². The Kier molecular flexibility index (Phi) is 4.30. The van der Waals surface area contributed by atoms with Gasteiger partial charge < -0.3 is 10.1 Å². The smallest absolute Gasteiger partial charge is 0.251 e. The Morgan fingerprint density at radius 2 is 1.95 bits per heavy atom. The minimum Gasteiger partial charge on any atom is -0.486 e. The van der Waals surface area contributed by atoms with E-state index in [-0.39, 0.29) is 18.3 Å². The first-order valence-corrected chi connectivity index (χ1v) is 5.99. The Hall–Kier alpha value is -2.43. The summed E-state index contributed by atoms with van der Waals surface area (Å²) in [6.45, 7) is 0.0200. The average molecular weight is 277 g/mol. The number of carbonyl (C=O) groups excluding carboxylic acids is 1. The highest BCUT2D eigenvalue weighted by Crippen LogP contribution is 2.20.